The standard InChI is InChI=1S/C18H27N3O5S/c1-27(25,26)11-10-15(12-17(23)24)21-16(22)5-3-2-4-13-6-8-14(9-7-13)18(19)20/h6-9,15H,2-5,10-12H2,1H3,(H3,19,20)(H,21,22)(H,23,24). The van der Waals surface area contributed by atoms with E-state index in [4.69, 9.17) is 16.2 Å². The molecule has 1 aromatic carbocycles. The molecule has 1 rings (SSSR count). The van der Waals surface area contributed by atoms with E-state index in [1.54, 1.807) is 12.1 Å². The number of hydrogen-bond donors (Lipinski definition) is 4. The van der Waals surface area contributed by atoms with Crippen molar-refractivity contribution in [2.45, 2.75) is 44.6 Å². The van der Waals surface area contributed by atoms with E-state index in [1.807, 2.05) is 12.1 Å². The summed E-state index contributed by atoms with van der Waals surface area (Å²) in [6.45, 7) is 0. The average Bonchev–Trinajstić information content (AvgIpc) is 2.56. The molecule has 1 atom stereocenters. The first-order chi connectivity index (χ1) is 12.6. The van der Waals surface area contributed by atoms with Crippen molar-refractivity contribution in [1.29, 1.82) is 5.41 Å². The molecule has 5 N–H and O–H groups in total. The summed E-state index contributed by atoms with van der Waals surface area (Å²) in [6, 6.07) is 6.66. The Labute approximate surface area is 159 Å². The molecule has 0 aliphatic heterocycles. The summed E-state index contributed by atoms with van der Waals surface area (Å²) in [5.41, 5.74) is 7.15. The number of carboxylic acids is 1. The number of amidine groups is 1. The molecule has 8 nitrogen and oxygen atoms in total. The van der Waals surface area contributed by atoms with Crippen LogP contribution in [0.25, 0.3) is 0 Å². The number of hydrogen-bond acceptors (Lipinski definition) is 5. The second-order valence-electron chi connectivity index (χ2n) is 6.60. The van der Waals surface area contributed by atoms with Crippen molar-refractivity contribution in [3.05, 3.63) is 35.4 Å². The number of rotatable bonds is 12. The summed E-state index contributed by atoms with van der Waals surface area (Å²) in [5.74, 6) is -1.50. The highest BCUT2D eigenvalue weighted by molar-refractivity contribution is 7.90. The molecule has 27 heavy (non-hydrogen) atoms. The first-order valence-corrected chi connectivity index (χ1v) is 10.7. The number of aryl methyl sites for hydroxylation is 1. The van der Waals surface area contributed by atoms with Gasteiger partial charge in [0.25, 0.3) is 0 Å². The van der Waals surface area contributed by atoms with Gasteiger partial charge in [-0.2, -0.15) is 0 Å². The highest BCUT2D eigenvalue weighted by atomic mass is 32.2. The molecule has 0 spiro atoms. The first-order valence-electron chi connectivity index (χ1n) is 8.69. The van der Waals surface area contributed by atoms with Gasteiger partial charge in [-0.1, -0.05) is 24.3 Å². The molecule has 1 aromatic rings. The van der Waals surface area contributed by atoms with Crippen molar-refractivity contribution < 1.29 is 23.1 Å². The van der Waals surface area contributed by atoms with Crippen molar-refractivity contribution in [2.75, 3.05) is 12.0 Å². The van der Waals surface area contributed by atoms with Gasteiger partial charge in [0.2, 0.25) is 5.91 Å². The quantitative estimate of drug-likeness (QED) is 0.235. The van der Waals surface area contributed by atoms with Gasteiger partial charge in [0, 0.05) is 24.3 Å². The molecule has 0 aromatic heterocycles. The van der Waals surface area contributed by atoms with Gasteiger partial charge >= 0.3 is 5.97 Å². The maximum absolute atomic E-state index is 12.0. The molecule has 0 saturated heterocycles. The fourth-order valence-electron chi connectivity index (χ4n) is 2.56. The van der Waals surface area contributed by atoms with Crippen LogP contribution < -0.4 is 11.1 Å². The topological polar surface area (TPSA) is 150 Å². The predicted molar refractivity (Wildman–Crippen MR) is 104 cm³/mol. The van der Waals surface area contributed by atoms with E-state index in [0.717, 1.165) is 24.7 Å². The summed E-state index contributed by atoms with van der Waals surface area (Å²) >= 11 is 0. The molecule has 0 heterocycles. The highest BCUT2D eigenvalue weighted by Gasteiger charge is 2.18. The Hall–Kier alpha value is -2.42. The zero-order valence-electron chi connectivity index (χ0n) is 15.4. The van der Waals surface area contributed by atoms with E-state index in [-0.39, 0.29) is 36.8 Å². The molecule has 0 aliphatic carbocycles. The van der Waals surface area contributed by atoms with Crippen LogP contribution in [-0.4, -0.2) is 49.3 Å². The lowest BCUT2D eigenvalue weighted by atomic mass is 10.0. The van der Waals surface area contributed by atoms with E-state index < -0.39 is 21.8 Å². The zero-order chi connectivity index (χ0) is 20.4. The van der Waals surface area contributed by atoms with E-state index in [2.05, 4.69) is 5.32 Å². The SMILES string of the molecule is CS(=O)(=O)CCC(CC(=O)O)NC(=O)CCCCc1ccc(C(=N)N)cc1. The molecule has 9 heteroatoms. The minimum Gasteiger partial charge on any atom is -0.481 e. The van der Waals surface area contributed by atoms with Crippen molar-refractivity contribution >= 4 is 27.5 Å². The normalized spacial score (nSPS) is 12.3. The van der Waals surface area contributed by atoms with Gasteiger partial charge in [0.05, 0.1) is 12.2 Å². The number of nitrogens with two attached hydrogens (primary N) is 1. The average molecular weight is 397 g/mol. The Morgan fingerprint density at radius 3 is 2.37 bits per heavy atom. The van der Waals surface area contributed by atoms with Crippen LogP contribution in [0.2, 0.25) is 0 Å². The Kier molecular flexibility index (Phi) is 8.93. The van der Waals surface area contributed by atoms with E-state index >= 15 is 0 Å². The fraction of sp³-hybridized carbons (Fsp3) is 0.500. The van der Waals surface area contributed by atoms with Gasteiger partial charge in [-0.15, -0.1) is 0 Å². The smallest absolute Gasteiger partial charge is 0.305 e. The van der Waals surface area contributed by atoms with Crippen molar-refractivity contribution in [1.82, 2.24) is 5.32 Å². The number of nitrogens with one attached hydrogen (secondary N) is 2. The lowest BCUT2D eigenvalue weighted by Crippen LogP contribution is -2.37. The minimum absolute atomic E-state index is 0.0185. The Bertz CT molecular complexity index is 760. The number of amides is 1. The van der Waals surface area contributed by atoms with Gasteiger partial charge in [-0.3, -0.25) is 15.0 Å². The summed E-state index contributed by atoms with van der Waals surface area (Å²) in [4.78, 5) is 22.9. The molecule has 1 amide bonds. The lowest BCUT2D eigenvalue weighted by Gasteiger charge is -2.16. The second kappa shape index (κ2) is 10.7. The number of carbonyl (C=O) groups excluding carboxylic acids is 1. The summed E-state index contributed by atoms with van der Waals surface area (Å²) in [5, 5.41) is 18.9. The van der Waals surface area contributed by atoms with Crippen LogP contribution in [0.4, 0.5) is 0 Å². The van der Waals surface area contributed by atoms with Gasteiger partial charge in [-0.05, 0) is 31.2 Å². The molecule has 0 aliphatic rings. The third kappa shape index (κ3) is 10.3. The predicted octanol–water partition coefficient (Wildman–Crippen LogP) is 1.08. The number of carbonyl (C=O) groups is 2. The summed E-state index contributed by atoms with van der Waals surface area (Å²) < 4.78 is 22.5. The third-order valence-corrected chi connectivity index (χ3v) is 4.98. The maximum Gasteiger partial charge on any atom is 0.305 e. The second-order valence-corrected chi connectivity index (χ2v) is 8.86. The summed E-state index contributed by atoms with van der Waals surface area (Å²) in [6.07, 6.45) is 3.29. The molecular weight excluding hydrogens is 370 g/mol. The molecule has 1 unspecified atom stereocenters. The van der Waals surface area contributed by atoms with Crippen LogP contribution in [0.1, 0.15) is 43.2 Å². The van der Waals surface area contributed by atoms with Crippen molar-refractivity contribution in [2.24, 2.45) is 5.73 Å². The molecular formula is C18H27N3O5S. The van der Waals surface area contributed by atoms with Crippen LogP contribution >= 0.6 is 0 Å². The molecule has 0 saturated carbocycles. The van der Waals surface area contributed by atoms with Crippen molar-refractivity contribution in [3.63, 3.8) is 0 Å². The molecule has 0 bridgehead atoms. The number of benzene rings is 1. The molecule has 150 valence electrons. The zero-order valence-corrected chi connectivity index (χ0v) is 16.2. The highest BCUT2D eigenvalue weighted by Crippen LogP contribution is 2.09. The van der Waals surface area contributed by atoms with Crippen LogP contribution in [0, 0.1) is 5.41 Å². The number of sulfone groups is 1. The number of aliphatic carboxylic acids is 1. The minimum atomic E-state index is -3.22. The Morgan fingerprint density at radius 1 is 1.22 bits per heavy atom. The van der Waals surface area contributed by atoms with Gasteiger partial charge < -0.3 is 16.2 Å². The Morgan fingerprint density at radius 2 is 1.85 bits per heavy atom. The van der Waals surface area contributed by atoms with E-state index in [9.17, 15) is 18.0 Å². The molecule has 0 fully saturated rings. The number of carboxylic acid groups (broad SMARTS) is 1. The van der Waals surface area contributed by atoms with E-state index in [0.29, 0.717) is 12.0 Å². The van der Waals surface area contributed by atoms with Crippen LogP contribution in [-0.2, 0) is 25.8 Å². The monoisotopic (exact) mass is 397 g/mol. The molecule has 0 radical (unpaired) electrons. The van der Waals surface area contributed by atoms with Gasteiger partial charge in [0.1, 0.15) is 15.7 Å². The van der Waals surface area contributed by atoms with E-state index in [1.165, 1.54) is 0 Å². The Balaban J connectivity index is 2.38. The number of nitrogen functional groups attached to an aromatic ring is 1. The van der Waals surface area contributed by atoms with Gasteiger partial charge in [0.15, 0.2) is 0 Å². The van der Waals surface area contributed by atoms with Crippen LogP contribution in [0.15, 0.2) is 24.3 Å². The van der Waals surface area contributed by atoms with Crippen LogP contribution in [0.5, 0.6) is 0 Å². The third-order valence-electron chi connectivity index (χ3n) is 4.01. The van der Waals surface area contributed by atoms with Crippen molar-refractivity contribution in [3.8, 4) is 0 Å². The first kappa shape index (κ1) is 22.6. The summed E-state index contributed by atoms with van der Waals surface area (Å²) in [7, 11) is -3.22. The number of unbranched alkanes of at least 4 members (excludes halogenated alkanes) is 1. The largest absolute Gasteiger partial charge is 0.481 e. The van der Waals surface area contributed by atoms with Crippen LogP contribution in [0.3, 0.4) is 0 Å². The fourth-order valence-corrected chi connectivity index (χ4v) is 3.27. The van der Waals surface area contributed by atoms with Gasteiger partial charge in [-0.25, -0.2) is 8.42 Å². The lowest BCUT2D eigenvalue weighted by molar-refractivity contribution is -0.137. The maximum atomic E-state index is 12.0.